The van der Waals surface area contributed by atoms with E-state index in [-0.39, 0.29) is 24.0 Å². The minimum atomic E-state index is -4.33. The molecule has 0 saturated heterocycles. The van der Waals surface area contributed by atoms with Gasteiger partial charge >= 0.3 is 6.18 Å². The van der Waals surface area contributed by atoms with Gasteiger partial charge in [0.15, 0.2) is 5.96 Å². The van der Waals surface area contributed by atoms with E-state index in [9.17, 15) is 13.2 Å². The molecule has 0 bridgehead atoms. The standard InChI is InChI=1S/C16H22F3N3.HI/c1-5-9-21-14(20-4)22-11-15(2,3)12-7-6-8-13(10-12)16(17,18)19;/h5-8,10H,1,9,11H2,2-4H3,(H2,20,21,22);1H. The van der Waals surface area contributed by atoms with Gasteiger partial charge in [-0.15, -0.1) is 30.6 Å². The van der Waals surface area contributed by atoms with E-state index in [1.54, 1.807) is 19.2 Å². The fraction of sp³-hybridized carbons (Fsp3) is 0.438. The van der Waals surface area contributed by atoms with Gasteiger partial charge in [-0.25, -0.2) is 0 Å². The normalized spacial score (nSPS) is 12.3. The van der Waals surface area contributed by atoms with E-state index < -0.39 is 17.2 Å². The summed E-state index contributed by atoms with van der Waals surface area (Å²) in [6.45, 7) is 8.38. The van der Waals surface area contributed by atoms with Crippen molar-refractivity contribution in [2.24, 2.45) is 4.99 Å². The highest BCUT2D eigenvalue weighted by molar-refractivity contribution is 14.0. The number of hydrogen-bond acceptors (Lipinski definition) is 1. The van der Waals surface area contributed by atoms with Gasteiger partial charge in [-0.1, -0.05) is 38.1 Å². The fourth-order valence-corrected chi connectivity index (χ4v) is 1.91. The molecular formula is C16H23F3IN3. The van der Waals surface area contributed by atoms with E-state index in [1.807, 2.05) is 13.8 Å². The van der Waals surface area contributed by atoms with Crippen molar-refractivity contribution in [2.45, 2.75) is 25.4 Å². The molecule has 0 saturated carbocycles. The first-order valence-electron chi connectivity index (χ1n) is 6.94. The van der Waals surface area contributed by atoms with Crippen LogP contribution in [-0.4, -0.2) is 26.1 Å². The predicted octanol–water partition coefficient (Wildman–Crippen LogP) is 3.95. The summed E-state index contributed by atoms with van der Waals surface area (Å²) in [5.41, 5.74) is -0.492. The van der Waals surface area contributed by atoms with E-state index in [1.165, 1.54) is 12.1 Å². The molecule has 1 aromatic carbocycles. The number of rotatable bonds is 5. The molecule has 0 fully saturated rings. The van der Waals surface area contributed by atoms with Gasteiger partial charge in [0.05, 0.1) is 5.56 Å². The zero-order valence-electron chi connectivity index (χ0n) is 13.5. The Morgan fingerprint density at radius 3 is 2.35 bits per heavy atom. The molecule has 0 amide bonds. The summed E-state index contributed by atoms with van der Waals surface area (Å²) in [4.78, 5) is 4.05. The summed E-state index contributed by atoms with van der Waals surface area (Å²) >= 11 is 0. The average Bonchev–Trinajstić information content (AvgIpc) is 2.47. The number of benzene rings is 1. The number of nitrogens with one attached hydrogen (secondary N) is 2. The highest BCUT2D eigenvalue weighted by Crippen LogP contribution is 2.32. The molecule has 3 nitrogen and oxygen atoms in total. The molecule has 0 aromatic heterocycles. The minimum Gasteiger partial charge on any atom is -0.356 e. The maximum atomic E-state index is 12.8. The Morgan fingerprint density at radius 2 is 1.83 bits per heavy atom. The molecule has 0 aliphatic rings. The predicted molar refractivity (Wildman–Crippen MR) is 99.4 cm³/mol. The molecule has 0 atom stereocenters. The number of guanidine groups is 1. The molecule has 0 aliphatic carbocycles. The van der Waals surface area contributed by atoms with Crippen molar-refractivity contribution in [3.63, 3.8) is 0 Å². The molecule has 0 radical (unpaired) electrons. The number of hydrogen-bond donors (Lipinski definition) is 2. The Bertz CT molecular complexity index is 540. The van der Waals surface area contributed by atoms with Crippen LogP contribution in [0, 0.1) is 0 Å². The largest absolute Gasteiger partial charge is 0.416 e. The molecular weight excluding hydrogens is 418 g/mol. The Morgan fingerprint density at radius 1 is 1.22 bits per heavy atom. The maximum Gasteiger partial charge on any atom is 0.416 e. The lowest BCUT2D eigenvalue weighted by Gasteiger charge is -2.27. The lowest BCUT2D eigenvalue weighted by atomic mass is 9.84. The van der Waals surface area contributed by atoms with Crippen molar-refractivity contribution in [1.82, 2.24) is 10.6 Å². The highest BCUT2D eigenvalue weighted by atomic mass is 127. The van der Waals surface area contributed by atoms with Crippen molar-refractivity contribution >= 4 is 29.9 Å². The van der Waals surface area contributed by atoms with Crippen LogP contribution in [0.2, 0.25) is 0 Å². The maximum absolute atomic E-state index is 12.8. The van der Waals surface area contributed by atoms with Crippen molar-refractivity contribution in [3.8, 4) is 0 Å². The van der Waals surface area contributed by atoms with Gasteiger partial charge in [0.2, 0.25) is 0 Å². The van der Waals surface area contributed by atoms with Gasteiger partial charge in [0.25, 0.3) is 0 Å². The SMILES string of the molecule is C=CCNC(=NC)NCC(C)(C)c1cccc(C(F)(F)F)c1.I. The van der Waals surface area contributed by atoms with Crippen molar-refractivity contribution in [2.75, 3.05) is 20.1 Å². The van der Waals surface area contributed by atoms with Crippen LogP contribution in [0.4, 0.5) is 13.2 Å². The highest BCUT2D eigenvalue weighted by Gasteiger charge is 2.32. The number of nitrogens with zero attached hydrogens (tertiary/aromatic N) is 1. The average molecular weight is 441 g/mol. The summed E-state index contributed by atoms with van der Waals surface area (Å²) in [5, 5.41) is 6.13. The zero-order chi connectivity index (χ0) is 16.8. The van der Waals surface area contributed by atoms with Crippen LogP contribution in [0.15, 0.2) is 41.9 Å². The Hall–Kier alpha value is -1.25. The summed E-state index contributed by atoms with van der Waals surface area (Å²) in [6, 6.07) is 5.42. The summed E-state index contributed by atoms with van der Waals surface area (Å²) < 4.78 is 38.4. The summed E-state index contributed by atoms with van der Waals surface area (Å²) in [6.07, 6.45) is -2.63. The van der Waals surface area contributed by atoms with Gasteiger partial charge in [-0.2, -0.15) is 13.2 Å². The van der Waals surface area contributed by atoms with Gasteiger partial charge in [0, 0.05) is 25.6 Å². The molecule has 0 unspecified atom stereocenters. The monoisotopic (exact) mass is 441 g/mol. The van der Waals surface area contributed by atoms with Crippen LogP contribution in [-0.2, 0) is 11.6 Å². The topological polar surface area (TPSA) is 36.4 Å². The van der Waals surface area contributed by atoms with E-state index in [0.717, 1.165) is 6.07 Å². The van der Waals surface area contributed by atoms with Crippen molar-refractivity contribution in [1.29, 1.82) is 0 Å². The number of alkyl halides is 3. The Kier molecular flexibility index (Phi) is 8.65. The quantitative estimate of drug-likeness (QED) is 0.314. The van der Waals surface area contributed by atoms with Gasteiger partial charge in [0.1, 0.15) is 0 Å². The van der Waals surface area contributed by atoms with Crippen LogP contribution in [0.25, 0.3) is 0 Å². The Balaban J connectivity index is 0.00000484. The third-order valence-corrected chi connectivity index (χ3v) is 3.31. The van der Waals surface area contributed by atoms with Gasteiger partial charge in [-0.3, -0.25) is 4.99 Å². The van der Waals surface area contributed by atoms with Crippen LogP contribution < -0.4 is 10.6 Å². The van der Waals surface area contributed by atoms with Crippen LogP contribution >= 0.6 is 24.0 Å². The van der Waals surface area contributed by atoms with Crippen molar-refractivity contribution in [3.05, 3.63) is 48.0 Å². The zero-order valence-corrected chi connectivity index (χ0v) is 15.8. The molecule has 7 heteroatoms. The molecule has 0 heterocycles. The first-order chi connectivity index (χ1) is 10.2. The van der Waals surface area contributed by atoms with E-state index in [2.05, 4.69) is 22.2 Å². The van der Waals surface area contributed by atoms with Crippen LogP contribution in [0.5, 0.6) is 0 Å². The van der Waals surface area contributed by atoms with Crippen LogP contribution in [0.3, 0.4) is 0 Å². The summed E-state index contributed by atoms with van der Waals surface area (Å²) in [7, 11) is 1.63. The fourth-order valence-electron chi connectivity index (χ4n) is 1.91. The Labute approximate surface area is 152 Å². The third-order valence-electron chi connectivity index (χ3n) is 3.31. The third kappa shape index (κ3) is 6.80. The molecule has 2 N–H and O–H groups in total. The number of halogens is 4. The smallest absolute Gasteiger partial charge is 0.356 e. The molecule has 1 rings (SSSR count). The second kappa shape index (κ2) is 9.14. The van der Waals surface area contributed by atoms with Gasteiger partial charge in [-0.05, 0) is 11.6 Å². The van der Waals surface area contributed by atoms with E-state index >= 15 is 0 Å². The van der Waals surface area contributed by atoms with E-state index in [4.69, 9.17) is 0 Å². The lowest BCUT2D eigenvalue weighted by Crippen LogP contribution is -2.43. The minimum absolute atomic E-state index is 0. The second-order valence-electron chi connectivity index (χ2n) is 5.56. The van der Waals surface area contributed by atoms with Crippen LogP contribution in [0.1, 0.15) is 25.0 Å². The second-order valence-corrected chi connectivity index (χ2v) is 5.56. The molecule has 130 valence electrons. The first kappa shape index (κ1) is 21.8. The summed E-state index contributed by atoms with van der Waals surface area (Å²) in [5.74, 6) is 0.583. The number of aliphatic imine (C=N–C) groups is 1. The van der Waals surface area contributed by atoms with Crippen molar-refractivity contribution < 1.29 is 13.2 Å². The molecule has 23 heavy (non-hydrogen) atoms. The van der Waals surface area contributed by atoms with E-state index in [0.29, 0.717) is 24.6 Å². The first-order valence-corrected chi connectivity index (χ1v) is 6.94. The van der Waals surface area contributed by atoms with Gasteiger partial charge < -0.3 is 10.6 Å². The molecule has 0 aliphatic heterocycles. The molecule has 0 spiro atoms. The lowest BCUT2D eigenvalue weighted by molar-refractivity contribution is -0.137. The molecule has 1 aromatic rings.